The molecule has 70 valence electrons. The molecule has 0 aliphatic heterocycles. The Morgan fingerprint density at radius 2 is 2.38 bits per heavy atom. The number of methoxy groups -OCH3 is 1. The van der Waals surface area contributed by atoms with Crippen LogP contribution in [0.5, 0.6) is 0 Å². The number of halogens is 1. The SMILES string of the molecule is COC(=O)[C@H](N)c1cncc(Br)c1. The van der Waals surface area contributed by atoms with Crippen molar-refractivity contribution in [3.8, 4) is 0 Å². The number of nitrogens with two attached hydrogens (primary N) is 1. The minimum atomic E-state index is -0.769. The summed E-state index contributed by atoms with van der Waals surface area (Å²) in [4.78, 5) is 14.9. The topological polar surface area (TPSA) is 65.2 Å². The van der Waals surface area contributed by atoms with E-state index < -0.39 is 12.0 Å². The lowest BCUT2D eigenvalue weighted by atomic mass is 10.1. The average molecular weight is 245 g/mol. The molecular formula is C8H9BrN2O2. The molecule has 4 nitrogen and oxygen atoms in total. The number of rotatable bonds is 2. The molecule has 0 amide bonds. The minimum Gasteiger partial charge on any atom is -0.468 e. The van der Waals surface area contributed by atoms with Gasteiger partial charge in [-0.25, -0.2) is 0 Å². The van der Waals surface area contributed by atoms with Gasteiger partial charge < -0.3 is 10.5 Å². The lowest BCUT2D eigenvalue weighted by molar-refractivity contribution is -0.142. The fourth-order valence-corrected chi connectivity index (χ4v) is 1.24. The fourth-order valence-electron chi connectivity index (χ4n) is 0.861. The third kappa shape index (κ3) is 2.50. The molecule has 13 heavy (non-hydrogen) atoms. The summed E-state index contributed by atoms with van der Waals surface area (Å²) in [5.74, 6) is -0.472. The van der Waals surface area contributed by atoms with Crippen LogP contribution in [0.25, 0.3) is 0 Å². The van der Waals surface area contributed by atoms with Crippen molar-refractivity contribution in [3.63, 3.8) is 0 Å². The Morgan fingerprint density at radius 3 is 2.92 bits per heavy atom. The third-order valence-electron chi connectivity index (χ3n) is 1.54. The van der Waals surface area contributed by atoms with E-state index in [1.165, 1.54) is 13.3 Å². The van der Waals surface area contributed by atoms with Gasteiger partial charge in [-0.1, -0.05) is 0 Å². The summed E-state index contributed by atoms with van der Waals surface area (Å²) in [5, 5.41) is 0. The van der Waals surface area contributed by atoms with Crippen molar-refractivity contribution >= 4 is 21.9 Å². The largest absolute Gasteiger partial charge is 0.468 e. The summed E-state index contributed by atoms with van der Waals surface area (Å²) in [7, 11) is 1.30. The molecule has 0 saturated heterocycles. The van der Waals surface area contributed by atoms with Crippen molar-refractivity contribution in [2.24, 2.45) is 5.73 Å². The first-order chi connectivity index (χ1) is 6.15. The van der Waals surface area contributed by atoms with Crippen LogP contribution in [-0.2, 0) is 9.53 Å². The zero-order valence-electron chi connectivity index (χ0n) is 7.03. The maximum absolute atomic E-state index is 11.0. The van der Waals surface area contributed by atoms with Gasteiger partial charge in [0.2, 0.25) is 0 Å². The highest BCUT2D eigenvalue weighted by Gasteiger charge is 2.16. The number of ether oxygens (including phenoxy) is 1. The van der Waals surface area contributed by atoms with Crippen LogP contribution in [0.4, 0.5) is 0 Å². The molecule has 0 bridgehead atoms. The van der Waals surface area contributed by atoms with E-state index in [1.54, 1.807) is 12.3 Å². The van der Waals surface area contributed by atoms with Crippen molar-refractivity contribution in [2.75, 3.05) is 7.11 Å². The average Bonchev–Trinajstić information content (AvgIpc) is 2.15. The first kappa shape index (κ1) is 10.1. The third-order valence-corrected chi connectivity index (χ3v) is 1.97. The molecule has 0 saturated carbocycles. The van der Waals surface area contributed by atoms with E-state index in [0.717, 1.165) is 4.47 Å². The molecular weight excluding hydrogens is 236 g/mol. The van der Waals surface area contributed by atoms with Crippen LogP contribution in [0.3, 0.4) is 0 Å². The fraction of sp³-hybridized carbons (Fsp3) is 0.250. The molecule has 1 atom stereocenters. The second-order valence-corrected chi connectivity index (χ2v) is 3.35. The molecule has 0 aliphatic carbocycles. The Hall–Kier alpha value is -0.940. The van der Waals surface area contributed by atoms with Gasteiger partial charge in [-0.15, -0.1) is 0 Å². The Balaban J connectivity index is 2.88. The Kier molecular flexibility index (Phi) is 3.39. The van der Waals surface area contributed by atoms with E-state index in [0.29, 0.717) is 5.56 Å². The standard InChI is InChI=1S/C8H9BrN2O2/c1-13-8(12)7(10)5-2-6(9)4-11-3-5/h2-4,7H,10H2,1H3/t7-/m1/s1. The Morgan fingerprint density at radius 1 is 1.69 bits per heavy atom. The van der Waals surface area contributed by atoms with Crippen molar-refractivity contribution in [1.29, 1.82) is 0 Å². The summed E-state index contributed by atoms with van der Waals surface area (Å²) in [6, 6.07) is 0.962. The summed E-state index contributed by atoms with van der Waals surface area (Å²) in [6.45, 7) is 0. The first-order valence-electron chi connectivity index (χ1n) is 3.59. The van der Waals surface area contributed by atoms with Gasteiger partial charge in [-0.3, -0.25) is 9.78 Å². The number of esters is 1. The van der Waals surface area contributed by atoms with E-state index in [9.17, 15) is 4.79 Å². The van der Waals surface area contributed by atoms with Gasteiger partial charge >= 0.3 is 5.97 Å². The van der Waals surface area contributed by atoms with Gasteiger partial charge in [0.15, 0.2) is 0 Å². The van der Waals surface area contributed by atoms with Crippen LogP contribution in [0.1, 0.15) is 11.6 Å². The molecule has 0 aliphatic rings. The predicted octanol–water partition coefficient (Wildman–Crippen LogP) is 1.02. The summed E-state index contributed by atoms with van der Waals surface area (Å²) < 4.78 is 5.28. The zero-order valence-corrected chi connectivity index (χ0v) is 8.61. The monoisotopic (exact) mass is 244 g/mol. The van der Waals surface area contributed by atoms with Crippen LogP contribution in [-0.4, -0.2) is 18.1 Å². The van der Waals surface area contributed by atoms with Crippen LogP contribution in [0.2, 0.25) is 0 Å². The second-order valence-electron chi connectivity index (χ2n) is 2.44. The second kappa shape index (κ2) is 4.34. The lowest BCUT2D eigenvalue weighted by Gasteiger charge is -2.08. The van der Waals surface area contributed by atoms with Crippen molar-refractivity contribution in [2.45, 2.75) is 6.04 Å². The molecule has 0 fully saturated rings. The molecule has 5 heteroatoms. The number of hydrogen-bond acceptors (Lipinski definition) is 4. The molecule has 1 aromatic rings. The molecule has 0 spiro atoms. The number of aromatic nitrogens is 1. The molecule has 1 heterocycles. The van der Waals surface area contributed by atoms with Gasteiger partial charge in [0.1, 0.15) is 6.04 Å². The highest BCUT2D eigenvalue weighted by atomic mass is 79.9. The van der Waals surface area contributed by atoms with Crippen molar-refractivity contribution in [3.05, 3.63) is 28.5 Å². The molecule has 0 unspecified atom stereocenters. The highest BCUT2D eigenvalue weighted by Crippen LogP contribution is 2.15. The maximum Gasteiger partial charge on any atom is 0.327 e. The van der Waals surface area contributed by atoms with E-state index in [-0.39, 0.29) is 0 Å². The Labute approximate surface area is 84.2 Å². The molecule has 1 aromatic heterocycles. The maximum atomic E-state index is 11.0. The zero-order chi connectivity index (χ0) is 9.84. The van der Waals surface area contributed by atoms with Crippen molar-refractivity contribution < 1.29 is 9.53 Å². The van der Waals surface area contributed by atoms with Crippen LogP contribution in [0, 0.1) is 0 Å². The van der Waals surface area contributed by atoms with Crippen LogP contribution in [0.15, 0.2) is 22.9 Å². The number of hydrogen-bond donors (Lipinski definition) is 1. The van der Waals surface area contributed by atoms with Gasteiger partial charge in [0.05, 0.1) is 7.11 Å². The Bertz CT molecular complexity index is 317. The quantitative estimate of drug-likeness (QED) is 0.790. The summed E-state index contributed by atoms with van der Waals surface area (Å²) in [6.07, 6.45) is 3.15. The van der Waals surface area contributed by atoms with Gasteiger partial charge in [0.25, 0.3) is 0 Å². The molecule has 0 radical (unpaired) electrons. The molecule has 0 aromatic carbocycles. The summed E-state index contributed by atoms with van der Waals surface area (Å²) >= 11 is 3.23. The normalized spacial score (nSPS) is 12.2. The van der Waals surface area contributed by atoms with E-state index in [2.05, 4.69) is 25.7 Å². The molecule has 2 N–H and O–H groups in total. The highest BCUT2D eigenvalue weighted by molar-refractivity contribution is 9.10. The molecule has 1 rings (SSSR count). The predicted molar refractivity (Wildman–Crippen MR) is 50.9 cm³/mol. The number of carbonyl (C=O) groups is 1. The first-order valence-corrected chi connectivity index (χ1v) is 4.38. The van der Waals surface area contributed by atoms with Crippen LogP contribution < -0.4 is 5.73 Å². The van der Waals surface area contributed by atoms with E-state index in [1.807, 2.05) is 0 Å². The minimum absolute atomic E-state index is 0.472. The number of pyridine rings is 1. The summed E-state index contributed by atoms with van der Waals surface area (Å²) in [5.41, 5.74) is 6.21. The van der Waals surface area contributed by atoms with Crippen molar-refractivity contribution in [1.82, 2.24) is 4.98 Å². The smallest absolute Gasteiger partial charge is 0.327 e. The van der Waals surface area contributed by atoms with E-state index in [4.69, 9.17) is 5.73 Å². The number of nitrogens with zero attached hydrogens (tertiary/aromatic N) is 1. The van der Waals surface area contributed by atoms with E-state index >= 15 is 0 Å². The number of carbonyl (C=O) groups excluding carboxylic acids is 1. The lowest BCUT2D eigenvalue weighted by Crippen LogP contribution is -2.22. The van der Waals surface area contributed by atoms with Gasteiger partial charge in [-0.05, 0) is 27.6 Å². The van der Waals surface area contributed by atoms with Gasteiger partial charge in [0, 0.05) is 16.9 Å². The van der Waals surface area contributed by atoms with Gasteiger partial charge in [-0.2, -0.15) is 0 Å². The van der Waals surface area contributed by atoms with Crippen LogP contribution >= 0.6 is 15.9 Å².